The highest BCUT2D eigenvalue weighted by atomic mass is 32.1. The number of carboxylic acids is 1. The summed E-state index contributed by atoms with van der Waals surface area (Å²) in [4.78, 5) is 54.1. The van der Waals surface area contributed by atoms with Crippen LogP contribution in [-0.4, -0.2) is 123 Å². The van der Waals surface area contributed by atoms with Crippen LogP contribution in [0.1, 0.15) is 103 Å². The number of alkyl carbamates (subject to hydrolysis) is 1. The molecule has 0 bridgehead atoms. The standard InChI is InChI=1S/C47H66N8O7S/c1-9-54-39-16-15-30(38-27-63-40(49-38)23-37(50-45(60)62-46(3,4)5)43(57)55-18-12-14-36(51-55)44(58)59)21-33(39)35(24-47(6,7)28-56)42(54)34-22-32(25-48-41(34)29(2)61-8)53-20-19-52-17-11-10-13-31(52)26-53/h15-16,21-22,25,27,29,31,36-37,51,56H,9-14,17-20,23-24,26,28H2,1-8H3,(H,50,60)(H,58,59)/t29-,31+,36-,37-/m0/s1. The van der Waals surface area contributed by atoms with Gasteiger partial charge in [0, 0.05) is 86.3 Å². The van der Waals surface area contributed by atoms with Crippen molar-refractivity contribution in [1.29, 1.82) is 0 Å². The highest BCUT2D eigenvalue weighted by Crippen LogP contribution is 2.43. The number of rotatable bonds is 14. The summed E-state index contributed by atoms with van der Waals surface area (Å²) in [6.45, 7) is 18.8. The van der Waals surface area contributed by atoms with E-state index in [1.54, 1.807) is 27.9 Å². The van der Waals surface area contributed by atoms with Crippen molar-refractivity contribution in [3.8, 4) is 22.5 Å². The average molecular weight is 887 g/mol. The van der Waals surface area contributed by atoms with E-state index in [0.29, 0.717) is 43.4 Å². The molecular formula is C47H66N8O7S. The summed E-state index contributed by atoms with van der Waals surface area (Å²) in [5, 5.41) is 28.0. The van der Waals surface area contributed by atoms with Crippen molar-refractivity contribution in [2.24, 2.45) is 5.41 Å². The second-order valence-electron chi connectivity index (χ2n) is 19.1. The number of pyridine rings is 1. The van der Waals surface area contributed by atoms with Crippen molar-refractivity contribution in [1.82, 2.24) is 35.2 Å². The van der Waals surface area contributed by atoms with E-state index < -0.39 is 41.1 Å². The number of aliphatic hydroxyl groups is 1. The molecule has 3 saturated heterocycles. The van der Waals surface area contributed by atoms with Gasteiger partial charge in [-0.2, -0.15) is 0 Å². The van der Waals surface area contributed by atoms with Crippen LogP contribution in [0.25, 0.3) is 33.4 Å². The van der Waals surface area contributed by atoms with Crippen LogP contribution >= 0.6 is 11.3 Å². The number of nitrogens with one attached hydrogen (secondary N) is 2. The monoisotopic (exact) mass is 886 g/mol. The molecule has 15 nitrogen and oxygen atoms in total. The van der Waals surface area contributed by atoms with Gasteiger partial charge in [-0.3, -0.25) is 24.5 Å². The smallest absolute Gasteiger partial charge is 0.408 e. The lowest BCUT2D eigenvalue weighted by atomic mass is 9.84. The number of aromatic nitrogens is 3. The molecule has 0 unspecified atom stereocenters. The Morgan fingerprint density at radius 2 is 1.84 bits per heavy atom. The van der Waals surface area contributed by atoms with Crippen LogP contribution < -0.4 is 15.6 Å². The number of anilines is 1. The van der Waals surface area contributed by atoms with Gasteiger partial charge in [-0.1, -0.05) is 26.3 Å². The number of hydrogen-bond donors (Lipinski definition) is 4. The number of aliphatic hydroxyl groups excluding tert-OH is 1. The van der Waals surface area contributed by atoms with E-state index in [4.69, 9.17) is 19.4 Å². The first-order chi connectivity index (χ1) is 30.0. The zero-order chi connectivity index (χ0) is 45.2. The lowest BCUT2D eigenvalue weighted by Crippen LogP contribution is -2.60. The van der Waals surface area contributed by atoms with Gasteiger partial charge < -0.3 is 34.5 Å². The quantitative estimate of drug-likeness (QED) is 0.104. The molecule has 16 heteroatoms. The van der Waals surface area contributed by atoms with Gasteiger partial charge >= 0.3 is 12.1 Å². The number of ether oxygens (including phenoxy) is 2. The maximum absolute atomic E-state index is 13.9. The molecule has 4 atom stereocenters. The number of hydrazine groups is 1. The number of carbonyl (C=O) groups excluding carboxylic acids is 2. The number of fused-ring (bicyclic) bond motifs is 2. The summed E-state index contributed by atoms with van der Waals surface area (Å²) in [6, 6.07) is 7.28. The molecule has 1 aromatic carbocycles. The largest absolute Gasteiger partial charge is 0.480 e. The molecule has 3 aliphatic rings. The van der Waals surface area contributed by atoms with E-state index >= 15 is 0 Å². The number of piperidine rings is 1. The fraction of sp³-hybridized carbons (Fsp3) is 0.596. The number of aliphatic carboxylic acids is 1. The first-order valence-corrected chi connectivity index (χ1v) is 23.4. The van der Waals surface area contributed by atoms with Crippen molar-refractivity contribution in [3.63, 3.8) is 0 Å². The molecule has 3 aromatic heterocycles. The Morgan fingerprint density at radius 3 is 2.56 bits per heavy atom. The molecule has 0 aliphatic carbocycles. The van der Waals surface area contributed by atoms with Gasteiger partial charge in [0.15, 0.2) is 0 Å². The van der Waals surface area contributed by atoms with Gasteiger partial charge in [-0.25, -0.2) is 15.2 Å². The Morgan fingerprint density at radius 1 is 1.05 bits per heavy atom. The second kappa shape index (κ2) is 19.2. The molecule has 2 amide bonds. The van der Waals surface area contributed by atoms with Crippen molar-refractivity contribution < 1.29 is 34.1 Å². The molecular weight excluding hydrogens is 821 g/mol. The normalized spacial score (nSPS) is 19.8. The predicted octanol–water partition coefficient (Wildman–Crippen LogP) is 6.81. The van der Waals surface area contributed by atoms with Crippen LogP contribution in [0.2, 0.25) is 0 Å². The second-order valence-corrected chi connectivity index (χ2v) is 20.1. The van der Waals surface area contributed by atoms with Crippen LogP contribution in [0.5, 0.6) is 0 Å². The van der Waals surface area contributed by atoms with E-state index in [1.165, 1.54) is 42.2 Å². The van der Waals surface area contributed by atoms with E-state index in [2.05, 4.69) is 70.1 Å². The van der Waals surface area contributed by atoms with Crippen LogP contribution in [0.15, 0.2) is 35.8 Å². The number of carbonyl (C=O) groups is 3. The van der Waals surface area contributed by atoms with E-state index in [0.717, 1.165) is 70.0 Å². The molecule has 0 saturated carbocycles. The van der Waals surface area contributed by atoms with Crippen LogP contribution in [-0.2, 0) is 38.4 Å². The number of hydrogen-bond acceptors (Lipinski definition) is 12. The lowest BCUT2D eigenvalue weighted by Gasteiger charge is -2.45. The Bertz CT molecular complexity index is 2280. The molecule has 342 valence electrons. The Kier molecular flexibility index (Phi) is 14.2. The number of carboxylic acid groups (broad SMARTS) is 1. The molecule has 4 N–H and O–H groups in total. The maximum Gasteiger partial charge on any atom is 0.408 e. The maximum atomic E-state index is 13.9. The summed E-state index contributed by atoms with van der Waals surface area (Å²) in [5.41, 5.74) is 9.45. The van der Waals surface area contributed by atoms with Gasteiger partial charge in [0.25, 0.3) is 5.91 Å². The Labute approximate surface area is 375 Å². The minimum Gasteiger partial charge on any atom is -0.480 e. The molecule has 0 spiro atoms. The molecule has 3 fully saturated rings. The molecule has 7 rings (SSSR count). The highest BCUT2D eigenvalue weighted by Gasteiger charge is 2.35. The number of methoxy groups -OCH3 is 1. The summed E-state index contributed by atoms with van der Waals surface area (Å²) in [5.74, 6) is -1.51. The summed E-state index contributed by atoms with van der Waals surface area (Å²) < 4.78 is 13.8. The SMILES string of the molecule is CCn1c(-c2cc(N3CCN4CCCC[C@@H]4C3)cnc2[C@H](C)OC)c(CC(C)(C)CO)c2cc(-c3csc(C[C@H](NC(=O)OC(C)(C)C)C(=O)N4CCC[C@@H](C(=O)O)N4)n3)ccc21. The zero-order valence-electron chi connectivity index (χ0n) is 38.2. The third kappa shape index (κ3) is 10.5. The lowest BCUT2D eigenvalue weighted by molar-refractivity contribution is -0.147. The fourth-order valence-electron chi connectivity index (χ4n) is 9.26. The minimum absolute atomic E-state index is 0.00674. The average Bonchev–Trinajstić information content (AvgIpc) is 3.86. The van der Waals surface area contributed by atoms with Crippen molar-refractivity contribution in [2.45, 2.75) is 130 Å². The summed E-state index contributed by atoms with van der Waals surface area (Å²) in [6.07, 6.45) is 6.33. The minimum atomic E-state index is -1.06. The molecule has 6 heterocycles. The number of amides is 2. The van der Waals surface area contributed by atoms with Gasteiger partial charge in [-0.05, 0) is 102 Å². The number of piperazine rings is 1. The van der Waals surface area contributed by atoms with Crippen molar-refractivity contribution in [3.05, 3.63) is 52.1 Å². The number of nitrogens with zero attached hydrogens (tertiary/aromatic N) is 6. The van der Waals surface area contributed by atoms with E-state index in [1.807, 2.05) is 18.5 Å². The summed E-state index contributed by atoms with van der Waals surface area (Å²) >= 11 is 1.39. The van der Waals surface area contributed by atoms with Crippen LogP contribution in [0.4, 0.5) is 10.5 Å². The van der Waals surface area contributed by atoms with Crippen molar-refractivity contribution >= 4 is 45.9 Å². The number of benzene rings is 1. The van der Waals surface area contributed by atoms with Gasteiger partial charge in [0.05, 0.1) is 40.1 Å². The highest BCUT2D eigenvalue weighted by molar-refractivity contribution is 7.10. The van der Waals surface area contributed by atoms with E-state index in [-0.39, 0.29) is 19.1 Å². The molecule has 63 heavy (non-hydrogen) atoms. The van der Waals surface area contributed by atoms with Gasteiger partial charge in [0.1, 0.15) is 17.7 Å². The third-order valence-corrected chi connectivity index (χ3v) is 13.5. The number of aryl methyl sites for hydroxylation is 1. The Hall–Kier alpha value is -4.61. The first-order valence-electron chi connectivity index (χ1n) is 22.5. The molecule has 4 aromatic rings. The van der Waals surface area contributed by atoms with E-state index in [9.17, 15) is 24.6 Å². The molecule has 0 radical (unpaired) electrons. The van der Waals surface area contributed by atoms with Gasteiger partial charge in [-0.15, -0.1) is 11.3 Å². The first kappa shape index (κ1) is 46.4. The van der Waals surface area contributed by atoms with Crippen LogP contribution in [0, 0.1) is 5.41 Å². The number of thiazole rings is 1. The fourth-order valence-corrected chi connectivity index (χ4v) is 10.1. The van der Waals surface area contributed by atoms with Crippen LogP contribution in [0.3, 0.4) is 0 Å². The van der Waals surface area contributed by atoms with Gasteiger partial charge in [0.2, 0.25) is 0 Å². The predicted molar refractivity (Wildman–Crippen MR) is 246 cm³/mol. The Balaban J connectivity index is 1.27. The molecule has 3 aliphatic heterocycles. The van der Waals surface area contributed by atoms with Crippen molar-refractivity contribution in [2.75, 3.05) is 51.3 Å². The zero-order valence-corrected chi connectivity index (χ0v) is 39.0. The topological polar surface area (TPSA) is 175 Å². The third-order valence-electron chi connectivity index (χ3n) is 12.6. The summed E-state index contributed by atoms with van der Waals surface area (Å²) in [7, 11) is 1.72.